The lowest BCUT2D eigenvalue weighted by atomic mass is 9.93. The number of benzene rings is 2. The van der Waals surface area contributed by atoms with Crippen molar-refractivity contribution in [3.05, 3.63) is 87.9 Å². The number of hydrogen-bond acceptors (Lipinski definition) is 5. The third-order valence-corrected chi connectivity index (χ3v) is 9.67. The maximum absolute atomic E-state index is 14.1. The highest BCUT2D eigenvalue weighted by Gasteiger charge is 2.33. The van der Waals surface area contributed by atoms with E-state index < -0.39 is 10.0 Å². The number of rotatable bonds is 5. The minimum Gasteiger partial charge on any atom is -0.340 e. The van der Waals surface area contributed by atoms with E-state index in [4.69, 9.17) is 0 Å². The van der Waals surface area contributed by atoms with Crippen molar-refractivity contribution in [3.8, 4) is 0 Å². The highest BCUT2D eigenvalue weighted by Crippen LogP contribution is 2.37. The summed E-state index contributed by atoms with van der Waals surface area (Å²) in [4.78, 5) is 18.8. The molecule has 0 spiro atoms. The second-order valence-corrected chi connectivity index (χ2v) is 11.9. The highest BCUT2D eigenvalue weighted by atomic mass is 32.2. The van der Waals surface area contributed by atoms with Gasteiger partial charge < -0.3 is 4.90 Å². The fourth-order valence-corrected chi connectivity index (χ4v) is 7.40. The summed E-state index contributed by atoms with van der Waals surface area (Å²) in [6.45, 7) is 2.44. The summed E-state index contributed by atoms with van der Waals surface area (Å²) < 4.78 is 41.6. The molecule has 3 aromatic rings. The Labute approximate surface area is 209 Å². The van der Waals surface area contributed by atoms with E-state index in [9.17, 15) is 17.6 Å². The van der Waals surface area contributed by atoms with Crippen LogP contribution < -0.4 is 0 Å². The molecule has 1 saturated heterocycles. The van der Waals surface area contributed by atoms with Crippen molar-refractivity contribution in [2.45, 2.75) is 23.8 Å². The molecule has 1 fully saturated rings. The SMILES string of the molecule is O=C(CN1CCc2sccc2[C@H]1c1cccc(F)c1)N1CCCN(S(=O)(=O)c2ccccc2)CC1. The van der Waals surface area contributed by atoms with Gasteiger partial charge in [0, 0.05) is 37.6 Å². The largest absolute Gasteiger partial charge is 0.340 e. The molecule has 184 valence electrons. The van der Waals surface area contributed by atoms with Gasteiger partial charge in [0.15, 0.2) is 0 Å². The lowest BCUT2D eigenvalue weighted by Gasteiger charge is -2.37. The predicted molar refractivity (Wildman–Crippen MR) is 134 cm³/mol. The van der Waals surface area contributed by atoms with E-state index in [0.29, 0.717) is 32.6 Å². The Bertz CT molecular complexity index is 1300. The summed E-state index contributed by atoms with van der Waals surface area (Å²) in [5, 5.41) is 2.05. The number of fused-ring (bicyclic) bond motifs is 1. The smallest absolute Gasteiger partial charge is 0.243 e. The first-order chi connectivity index (χ1) is 16.9. The Morgan fingerprint density at radius 1 is 0.971 bits per heavy atom. The summed E-state index contributed by atoms with van der Waals surface area (Å²) in [5.74, 6) is -0.313. The molecule has 0 unspecified atom stereocenters. The molecule has 0 bridgehead atoms. The van der Waals surface area contributed by atoms with Gasteiger partial charge in [-0.2, -0.15) is 4.31 Å². The fourth-order valence-electron chi connectivity index (χ4n) is 5.00. The first-order valence-corrected chi connectivity index (χ1v) is 14.1. The van der Waals surface area contributed by atoms with Gasteiger partial charge in [-0.1, -0.05) is 30.3 Å². The van der Waals surface area contributed by atoms with Gasteiger partial charge in [0.25, 0.3) is 0 Å². The van der Waals surface area contributed by atoms with E-state index in [2.05, 4.69) is 16.3 Å². The Hall–Kier alpha value is -2.59. The average molecular weight is 514 g/mol. The summed E-state index contributed by atoms with van der Waals surface area (Å²) in [6.07, 6.45) is 1.44. The number of nitrogens with zero attached hydrogens (tertiary/aromatic N) is 3. The summed E-state index contributed by atoms with van der Waals surface area (Å²) in [5.41, 5.74) is 1.98. The van der Waals surface area contributed by atoms with E-state index in [1.807, 2.05) is 6.07 Å². The van der Waals surface area contributed by atoms with Gasteiger partial charge in [-0.25, -0.2) is 12.8 Å². The summed E-state index contributed by atoms with van der Waals surface area (Å²) in [6, 6.07) is 16.9. The number of sulfonamides is 1. The molecule has 1 atom stereocenters. The zero-order chi connectivity index (χ0) is 24.4. The van der Waals surface area contributed by atoms with Gasteiger partial charge in [-0.05, 0) is 59.7 Å². The van der Waals surface area contributed by atoms with Crippen LogP contribution in [-0.4, -0.2) is 67.7 Å². The Morgan fingerprint density at radius 3 is 2.60 bits per heavy atom. The molecule has 35 heavy (non-hydrogen) atoms. The summed E-state index contributed by atoms with van der Waals surface area (Å²) in [7, 11) is -3.59. The van der Waals surface area contributed by atoms with Crippen molar-refractivity contribution >= 4 is 27.3 Å². The molecule has 6 nitrogen and oxygen atoms in total. The molecule has 2 aromatic carbocycles. The lowest BCUT2D eigenvalue weighted by Crippen LogP contribution is -2.45. The maximum Gasteiger partial charge on any atom is 0.243 e. The minimum absolute atomic E-state index is 0.0240. The van der Waals surface area contributed by atoms with Crippen LogP contribution in [0.3, 0.4) is 0 Å². The molecule has 2 aliphatic rings. The standard InChI is InChI=1S/C26H28FN3O3S2/c27-21-7-4-6-20(18-21)26-23-11-17-34-24(23)10-14-29(26)19-25(31)28-12-5-13-30(16-15-28)35(32,33)22-8-2-1-3-9-22/h1-4,6-9,11,17-18,26H,5,10,12-16,19H2/t26-/m1/s1. The molecule has 2 aliphatic heterocycles. The molecule has 1 amide bonds. The van der Waals surface area contributed by atoms with Crippen LogP contribution in [0.1, 0.15) is 28.5 Å². The van der Waals surface area contributed by atoms with Crippen LogP contribution in [-0.2, 0) is 21.2 Å². The third-order valence-electron chi connectivity index (χ3n) is 6.76. The minimum atomic E-state index is -3.59. The number of halogens is 1. The van der Waals surface area contributed by atoms with E-state index in [1.54, 1.807) is 58.7 Å². The quantitative estimate of drug-likeness (QED) is 0.521. The van der Waals surface area contributed by atoms with E-state index in [1.165, 1.54) is 15.2 Å². The Balaban J connectivity index is 1.30. The maximum atomic E-state index is 14.1. The molecule has 0 aliphatic carbocycles. The van der Waals surface area contributed by atoms with Gasteiger partial charge in [-0.15, -0.1) is 11.3 Å². The monoisotopic (exact) mass is 513 g/mol. The molecule has 5 rings (SSSR count). The molecular weight excluding hydrogens is 485 g/mol. The van der Waals surface area contributed by atoms with Crippen LogP contribution in [0.25, 0.3) is 0 Å². The Morgan fingerprint density at radius 2 is 1.80 bits per heavy atom. The van der Waals surface area contributed by atoms with Crippen molar-refractivity contribution < 1.29 is 17.6 Å². The normalized spacial score (nSPS) is 19.8. The molecule has 0 radical (unpaired) electrons. The number of carbonyl (C=O) groups excluding carboxylic acids is 1. The molecule has 9 heteroatoms. The number of amides is 1. The number of thiophene rings is 1. The number of carbonyl (C=O) groups is 1. The molecular formula is C26H28FN3O3S2. The zero-order valence-electron chi connectivity index (χ0n) is 19.3. The topological polar surface area (TPSA) is 60.9 Å². The van der Waals surface area contributed by atoms with Crippen LogP contribution in [0.15, 0.2) is 70.9 Å². The number of hydrogen-bond donors (Lipinski definition) is 0. The molecule has 1 aromatic heterocycles. The van der Waals surface area contributed by atoms with Crippen LogP contribution in [0, 0.1) is 5.82 Å². The van der Waals surface area contributed by atoms with Gasteiger partial charge in [0.1, 0.15) is 5.82 Å². The Kier molecular flexibility index (Phi) is 7.02. The second-order valence-electron chi connectivity index (χ2n) is 8.93. The van der Waals surface area contributed by atoms with E-state index in [-0.39, 0.29) is 35.8 Å². The van der Waals surface area contributed by atoms with Crippen molar-refractivity contribution in [3.63, 3.8) is 0 Å². The van der Waals surface area contributed by atoms with Gasteiger partial charge in [0.05, 0.1) is 17.5 Å². The summed E-state index contributed by atoms with van der Waals surface area (Å²) >= 11 is 1.70. The van der Waals surface area contributed by atoms with E-state index in [0.717, 1.165) is 17.5 Å². The molecule has 0 saturated carbocycles. The first kappa shape index (κ1) is 24.1. The average Bonchev–Trinajstić information content (AvgIpc) is 3.19. The van der Waals surface area contributed by atoms with Crippen molar-refractivity contribution in [2.24, 2.45) is 0 Å². The zero-order valence-corrected chi connectivity index (χ0v) is 21.0. The lowest BCUT2D eigenvalue weighted by molar-refractivity contribution is -0.132. The van der Waals surface area contributed by atoms with Crippen molar-refractivity contribution in [1.29, 1.82) is 0 Å². The van der Waals surface area contributed by atoms with E-state index >= 15 is 0 Å². The highest BCUT2D eigenvalue weighted by molar-refractivity contribution is 7.89. The van der Waals surface area contributed by atoms with Crippen LogP contribution in [0.4, 0.5) is 4.39 Å². The molecule has 0 N–H and O–H groups in total. The fraction of sp³-hybridized carbons (Fsp3) is 0.346. The van der Waals surface area contributed by atoms with Crippen molar-refractivity contribution in [1.82, 2.24) is 14.1 Å². The van der Waals surface area contributed by atoms with Crippen LogP contribution >= 0.6 is 11.3 Å². The van der Waals surface area contributed by atoms with Gasteiger partial charge in [0.2, 0.25) is 15.9 Å². The van der Waals surface area contributed by atoms with Crippen LogP contribution in [0.2, 0.25) is 0 Å². The van der Waals surface area contributed by atoms with Gasteiger partial charge >= 0.3 is 0 Å². The first-order valence-electron chi connectivity index (χ1n) is 11.8. The van der Waals surface area contributed by atoms with Gasteiger partial charge in [-0.3, -0.25) is 9.69 Å². The second kappa shape index (κ2) is 10.2. The third kappa shape index (κ3) is 5.04. The van der Waals surface area contributed by atoms with Crippen LogP contribution in [0.5, 0.6) is 0 Å². The molecule has 3 heterocycles. The predicted octanol–water partition coefficient (Wildman–Crippen LogP) is 3.76. The van der Waals surface area contributed by atoms with Crippen molar-refractivity contribution in [2.75, 3.05) is 39.3 Å².